The van der Waals surface area contributed by atoms with E-state index >= 15 is 0 Å². The Morgan fingerprint density at radius 1 is 1.57 bits per heavy atom. The van der Waals surface area contributed by atoms with Crippen LogP contribution in [0.15, 0.2) is 11.4 Å². The molecular formula is C10H16N2OS. The number of nitrogens with zero attached hydrogens (tertiary/aromatic N) is 1. The third kappa shape index (κ3) is 1.82. The molecule has 1 fully saturated rings. The van der Waals surface area contributed by atoms with Crippen LogP contribution in [0.1, 0.15) is 31.4 Å². The zero-order valence-corrected chi connectivity index (χ0v) is 9.18. The summed E-state index contributed by atoms with van der Waals surface area (Å²) in [4.78, 5) is 0. The van der Waals surface area contributed by atoms with Crippen LogP contribution in [-0.4, -0.2) is 22.6 Å². The van der Waals surface area contributed by atoms with Crippen LogP contribution < -0.4 is 5.32 Å². The Balaban J connectivity index is 2.06. The molecule has 1 heterocycles. The lowest BCUT2D eigenvalue weighted by Gasteiger charge is -2.34. The molecule has 1 aliphatic carbocycles. The van der Waals surface area contributed by atoms with Gasteiger partial charge in [0.1, 0.15) is 5.60 Å². The van der Waals surface area contributed by atoms with Gasteiger partial charge in [-0.3, -0.25) is 0 Å². The molecule has 0 saturated heterocycles. The van der Waals surface area contributed by atoms with Gasteiger partial charge in [0, 0.05) is 11.4 Å². The zero-order chi connectivity index (χ0) is 10.0. The summed E-state index contributed by atoms with van der Waals surface area (Å²) in [5.41, 5.74) is 0.199. The summed E-state index contributed by atoms with van der Waals surface area (Å²) in [6.45, 7) is 0. The van der Waals surface area contributed by atoms with E-state index in [0.29, 0.717) is 6.04 Å². The summed E-state index contributed by atoms with van der Waals surface area (Å²) in [7, 11) is 1.98. The van der Waals surface area contributed by atoms with Gasteiger partial charge in [-0.2, -0.15) is 4.37 Å². The molecule has 0 spiro atoms. The van der Waals surface area contributed by atoms with Crippen LogP contribution in [0.3, 0.4) is 0 Å². The Kier molecular flexibility index (Phi) is 2.85. The van der Waals surface area contributed by atoms with Crippen LogP contribution in [0.2, 0.25) is 0 Å². The minimum Gasteiger partial charge on any atom is -0.384 e. The molecule has 0 aromatic carbocycles. The van der Waals surface area contributed by atoms with Gasteiger partial charge >= 0.3 is 0 Å². The highest BCUT2D eigenvalue weighted by atomic mass is 32.1. The molecule has 0 amide bonds. The first-order chi connectivity index (χ1) is 6.74. The molecule has 1 aromatic heterocycles. The second-order valence-electron chi connectivity index (χ2n) is 3.98. The average molecular weight is 212 g/mol. The molecule has 0 bridgehead atoms. The van der Waals surface area contributed by atoms with E-state index in [2.05, 4.69) is 9.69 Å². The van der Waals surface area contributed by atoms with Gasteiger partial charge in [-0.15, -0.1) is 0 Å². The van der Waals surface area contributed by atoms with Gasteiger partial charge in [-0.25, -0.2) is 0 Å². The highest BCUT2D eigenvalue weighted by Gasteiger charge is 2.35. The van der Waals surface area contributed by atoms with E-state index in [1.165, 1.54) is 11.5 Å². The van der Waals surface area contributed by atoms with E-state index < -0.39 is 5.60 Å². The van der Waals surface area contributed by atoms with Gasteiger partial charge < -0.3 is 10.4 Å². The van der Waals surface area contributed by atoms with E-state index in [0.717, 1.165) is 31.4 Å². The van der Waals surface area contributed by atoms with E-state index in [4.69, 9.17) is 0 Å². The van der Waals surface area contributed by atoms with Gasteiger partial charge in [0.25, 0.3) is 0 Å². The summed E-state index contributed by atoms with van der Waals surface area (Å²) < 4.78 is 4.23. The normalized spacial score (nSPS) is 33.1. The van der Waals surface area contributed by atoms with Crippen molar-refractivity contribution in [2.75, 3.05) is 7.05 Å². The van der Waals surface area contributed by atoms with E-state index in [-0.39, 0.29) is 0 Å². The molecule has 1 saturated carbocycles. The summed E-state index contributed by atoms with van der Waals surface area (Å²) in [6, 6.07) is 2.50. The van der Waals surface area contributed by atoms with Crippen LogP contribution in [0.4, 0.5) is 0 Å². The van der Waals surface area contributed by atoms with E-state index in [9.17, 15) is 5.11 Å². The number of hydrogen-bond acceptors (Lipinski definition) is 4. The molecule has 0 atom stereocenters. The van der Waals surface area contributed by atoms with Crippen LogP contribution in [-0.2, 0) is 5.60 Å². The van der Waals surface area contributed by atoms with Gasteiger partial charge in [0.2, 0.25) is 0 Å². The molecule has 1 aromatic rings. The maximum Gasteiger partial charge on any atom is 0.108 e. The largest absolute Gasteiger partial charge is 0.384 e. The quantitative estimate of drug-likeness (QED) is 0.780. The molecule has 0 radical (unpaired) electrons. The van der Waals surface area contributed by atoms with E-state index in [1.54, 1.807) is 0 Å². The second-order valence-corrected chi connectivity index (χ2v) is 4.64. The first-order valence-corrected chi connectivity index (χ1v) is 5.89. The summed E-state index contributed by atoms with van der Waals surface area (Å²) in [6.07, 6.45) is 3.71. The highest BCUT2D eigenvalue weighted by Crippen LogP contribution is 2.36. The minimum absolute atomic E-state index is 0.564. The van der Waals surface area contributed by atoms with Crippen LogP contribution in [0.25, 0.3) is 0 Å². The van der Waals surface area contributed by atoms with Crippen LogP contribution in [0, 0.1) is 0 Å². The lowest BCUT2D eigenvalue weighted by molar-refractivity contribution is -0.0107. The fraction of sp³-hybridized carbons (Fsp3) is 0.700. The summed E-state index contributed by atoms with van der Waals surface area (Å²) >= 11 is 1.41. The van der Waals surface area contributed by atoms with E-state index in [1.807, 2.05) is 18.5 Å². The number of aliphatic hydroxyl groups is 1. The smallest absolute Gasteiger partial charge is 0.108 e. The van der Waals surface area contributed by atoms with Crippen molar-refractivity contribution in [3.05, 3.63) is 17.1 Å². The number of rotatable bonds is 2. The Hall–Kier alpha value is -0.450. The summed E-state index contributed by atoms with van der Waals surface area (Å²) in [5, 5.41) is 15.5. The standard InChI is InChI=1S/C10H16N2OS/c1-11-8-2-5-10(13,6-3-8)9-4-7-14-12-9/h4,7-8,11,13H,2-3,5-6H2,1H3. The lowest BCUT2D eigenvalue weighted by Crippen LogP contribution is -2.38. The Bertz CT molecular complexity index is 278. The first kappa shape index (κ1) is 10.1. The fourth-order valence-electron chi connectivity index (χ4n) is 2.09. The van der Waals surface area contributed by atoms with Crippen molar-refractivity contribution in [3.8, 4) is 0 Å². The number of nitrogens with one attached hydrogen (secondary N) is 1. The molecule has 4 heteroatoms. The Labute approximate surface area is 88.3 Å². The van der Waals surface area contributed by atoms with Crippen molar-refractivity contribution in [3.63, 3.8) is 0 Å². The van der Waals surface area contributed by atoms with Crippen molar-refractivity contribution in [2.45, 2.75) is 37.3 Å². The molecule has 0 unspecified atom stereocenters. The van der Waals surface area contributed by atoms with Gasteiger partial charge in [-0.1, -0.05) is 0 Å². The second kappa shape index (κ2) is 3.96. The molecular weight excluding hydrogens is 196 g/mol. The topological polar surface area (TPSA) is 45.1 Å². The van der Waals surface area contributed by atoms with Crippen molar-refractivity contribution >= 4 is 11.5 Å². The predicted octanol–water partition coefficient (Wildman–Crippen LogP) is 1.49. The summed E-state index contributed by atoms with van der Waals surface area (Å²) in [5.74, 6) is 0. The lowest BCUT2D eigenvalue weighted by atomic mass is 9.80. The van der Waals surface area contributed by atoms with Crippen molar-refractivity contribution in [1.29, 1.82) is 0 Å². The monoisotopic (exact) mass is 212 g/mol. The maximum absolute atomic E-state index is 10.4. The molecule has 0 aliphatic heterocycles. The predicted molar refractivity (Wildman–Crippen MR) is 57.3 cm³/mol. The van der Waals surface area contributed by atoms with Crippen LogP contribution >= 0.6 is 11.5 Å². The maximum atomic E-state index is 10.4. The van der Waals surface area contributed by atoms with Crippen molar-refractivity contribution in [2.24, 2.45) is 0 Å². The molecule has 14 heavy (non-hydrogen) atoms. The number of aromatic nitrogens is 1. The third-order valence-corrected chi connectivity index (χ3v) is 3.70. The third-order valence-electron chi connectivity index (χ3n) is 3.14. The SMILES string of the molecule is CNC1CCC(O)(c2ccsn2)CC1. The van der Waals surface area contributed by atoms with Crippen molar-refractivity contribution in [1.82, 2.24) is 9.69 Å². The van der Waals surface area contributed by atoms with Gasteiger partial charge in [-0.05, 0) is 50.3 Å². The zero-order valence-electron chi connectivity index (χ0n) is 8.36. The molecule has 78 valence electrons. The Morgan fingerprint density at radius 2 is 2.29 bits per heavy atom. The average Bonchev–Trinajstić information content (AvgIpc) is 2.72. The Morgan fingerprint density at radius 3 is 2.79 bits per heavy atom. The minimum atomic E-state index is -0.659. The van der Waals surface area contributed by atoms with Crippen molar-refractivity contribution < 1.29 is 5.11 Å². The highest BCUT2D eigenvalue weighted by molar-refractivity contribution is 7.03. The molecule has 1 aliphatic rings. The first-order valence-electron chi connectivity index (χ1n) is 5.05. The van der Waals surface area contributed by atoms with Gasteiger partial charge in [0.05, 0.1) is 5.69 Å². The molecule has 2 rings (SSSR count). The molecule has 2 N–H and O–H groups in total. The number of hydrogen-bond donors (Lipinski definition) is 2. The van der Waals surface area contributed by atoms with Gasteiger partial charge in [0.15, 0.2) is 0 Å². The molecule has 3 nitrogen and oxygen atoms in total. The van der Waals surface area contributed by atoms with Crippen LogP contribution in [0.5, 0.6) is 0 Å². The fourth-order valence-corrected chi connectivity index (χ4v) is 2.69.